The van der Waals surface area contributed by atoms with E-state index in [0.29, 0.717) is 17.3 Å². The number of hydrogen-bond donors (Lipinski definition) is 1. The molecule has 1 aromatic heterocycles. The molecule has 0 bridgehead atoms. The maximum absolute atomic E-state index is 12.8. The van der Waals surface area contributed by atoms with Gasteiger partial charge in [0.1, 0.15) is 0 Å². The monoisotopic (exact) mass is 418 g/mol. The first kappa shape index (κ1) is 19.9. The first-order valence-corrected chi connectivity index (χ1v) is 11.0. The number of hydrogen-bond acceptors (Lipinski definition) is 7. The smallest absolute Gasteiger partial charge is 0.322 e. The van der Waals surface area contributed by atoms with Gasteiger partial charge >= 0.3 is 6.01 Å². The van der Waals surface area contributed by atoms with Crippen molar-refractivity contribution in [3.8, 4) is 0 Å². The van der Waals surface area contributed by atoms with Gasteiger partial charge in [0.2, 0.25) is 5.89 Å². The number of benzene rings is 2. The van der Waals surface area contributed by atoms with Crippen LogP contribution in [-0.4, -0.2) is 37.8 Å². The summed E-state index contributed by atoms with van der Waals surface area (Å²) in [6.45, 7) is 0. The van der Waals surface area contributed by atoms with Crippen LogP contribution in [0.3, 0.4) is 0 Å². The molecule has 0 aliphatic carbocycles. The maximum Gasteiger partial charge on any atom is 0.322 e. The number of sulfonamides is 1. The number of nitrogens with one attached hydrogen (secondary N) is 1. The molecule has 146 valence electrons. The van der Waals surface area contributed by atoms with Crippen molar-refractivity contribution in [2.24, 2.45) is 0 Å². The van der Waals surface area contributed by atoms with Crippen LogP contribution in [0.2, 0.25) is 0 Å². The van der Waals surface area contributed by atoms with Gasteiger partial charge in [-0.2, -0.15) is 11.8 Å². The van der Waals surface area contributed by atoms with Crippen LogP contribution in [0.25, 0.3) is 0 Å². The SMILES string of the molecule is CSCc1nnc(NC(=O)c2ccc(S(=O)(=O)N(C)c3ccccc3)cc2)o1. The molecule has 0 atom stereocenters. The molecule has 1 amide bonds. The molecule has 0 radical (unpaired) electrons. The molecule has 0 fully saturated rings. The lowest BCUT2D eigenvalue weighted by Crippen LogP contribution is -2.26. The molecule has 2 aromatic carbocycles. The molecule has 3 aromatic rings. The molecule has 0 saturated heterocycles. The largest absolute Gasteiger partial charge is 0.407 e. The molecule has 10 heteroatoms. The Hall–Kier alpha value is -2.85. The van der Waals surface area contributed by atoms with Crippen molar-refractivity contribution in [2.75, 3.05) is 22.9 Å². The van der Waals surface area contributed by atoms with E-state index in [1.54, 1.807) is 24.3 Å². The molecule has 1 N–H and O–H groups in total. The quantitative estimate of drug-likeness (QED) is 0.629. The van der Waals surface area contributed by atoms with Gasteiger partial charge in [0.05, 0.1) is 16.3 Å². The van der Waals surface area contributed by atoms with Crippen LogP contribution in [0.1, 0.15) is 16.2 Å². The van der Waals surface area contributed by atoms with Crippen molar-refractivity contribution in [3.63, 3.8) is 0 Å². The molecule has 1 heterocycles. The van der Waals surface area contributed by atoms with Crippen LogP contribution in [0.4, 0.5) is 11.7 Å². The summed E-state index contributed by atoms with van der Waals surface area (Å²) in [5.41, 5.74) is 0.813. The fraction of sp³-hybridized carbons (Fsp3) is 0.167. The number of nitrogens with zero attached hydrogens (tertiary/aromatic N) is 3. The standard InChI is InChI=1S/C18H18N4O4S2/c1-22(14-6-4-3-5-7-14)28(24,25)15-10-8-13(9-11-15)17(23)19-18-21-20-16(26-18)12-27-2/h3-11H,12H2,1-2H3,(H,19,21,23). The Kier molecular flexibility index (Phi) is 6.00. The third kappa shape index (κ3) is 4.34. The lowest BCUT2D eigenvalue weighted by molar-refractivity contribution is 0.102. The van der Waals surface area contributed by atoms with Crippen LogP contribution in [0, 0.1) is 0 Å². The fourth-order valence-electron chi connectivity index (χ4n) is 2.37. The highest BCUT2D eigenvalue weighted by Gasteiger charge is 2.21. The Labute approximate surface area is 167 Å². The van der Waals surface area contributed by atoms with E-state index in [1.807, 2.05) is 12.3 Å². The van der Waals surface area contributed by atoms with Crippen molar-refractivity contribution in [1.29, 1.82) is 0 Å². The molecule has 0 spiro atoms. The zero-order valence-corrected chi connectivity index (χ0v) is 16.8. The van der Waals surface area contributed by atoms with Crippen LogP contribution in [0.5, 0.6) is 0 Å². The van der Waals surface area contributed by atoms with E-state index in [-0.39, 0.29) is 16.5 Å². The maximum atomic E-state index is 12.8. The highest BCUT2D eigenvalue weighted by molar-refractivity contribution is 7.97. The van der Waals surface area contributed by atoms with Crippen LogP contribution < -0.4 is 9.62 Å². The number of amides is 1. The molecule has 0 aliphatic rings. The Bertz CT molecular complexity index is 1050. The lowest BCUT2D eigenvalue weighted by atomic mass is 10.2. The zero-order chi connectivity index (χ0) is 20.1. The molecule has 0 saturated carbocycles. The van der Waals surface area contributed by atoms with Gasteiger partial charge in [0.25, 0.3) is 15.9 Å². The number of para-hydroxylation sites is 1. The predicted octanol–water partition coefficient (Wildman–Crippen LogP) is 3.01. The Balaban J connectivity index is 1.74. The second-order valence-corrected chi connectivity index (χ2v) is 8.56. The van der Waals surface area contributed by atoms with E-state index in [0.717, 1.165) is 0 Å². The number of carbonyl (C=O) groups excluding carboxylic acids is 1. The van der Waals surface area contributed by atoms with Gasteiger partial charge in [-0.25, -0.2) is 8.42 Å². The van der Waals surface area contributed by atoms with Crippen molar-refractivity contribution < 1.29 is 17.6 Å². The lowest BCUT2D eigenvalue weighted by Gasteiger charge is -2.19. The molecule has 0 aliphatic heterocycles. The highest BCUT2D eigenvalue weighted by Crippen LogP contribution is 2.22. The van der Waals surface area contributed by atoms with Gasteiger partial charge < -0.3 is 4.42 Å². The summed E-state index contributed by atoms with van der Waals surface area (Å²) < 4.78 is 32.0. The third-order valence-electron chi connectivity index (χ3n) is 3.85. The predicted molar refractivity (Wildman–Crippen MR) is 108 cm³/mol. The van der Waals surface area contributed by atoms with Crippen molar-refractivity contribution in [3.05, 3.63) is 66.1 Å². The average molecular weight is 419 g/mol. The topological polar surface area (TPSA) is 105 Å². The number of aromatic nitrogens is 2. The number of rotatable bonds is 7. The van der Waals surface area contributed by atoms with Gasteiger partial charge in [0.15, 0.2) is 0 Å². The molecular formula is C18H18N4O4S2. The average Bonchev–Trinajstić information content (AvgIpc) is 3.15. The second-order valence-electron chi connectivity index (χ2n) is 5.72. The number of anilines is 2. The second kappa shape index (κ2) is 8.44. The summed E-state index contributed by atoms with van der Waals surface area (Å²) in [7, 11) is -2.26. The van der Waals surface area contributed by atoms with E-state index in [2.05, 4.69) is 15.5 Å². The number of thioether (sulfide) groups is 1. The van der Waals surface area contributed by atoms with Crippen LogP contribution in [-0.2, 0) is 15.8 Å². The first-order chi connectivity index (χ1) is 13.4. The van der Waals surface area contributed by atoms with Gasteiger partial charge in [-0.3, -0.25) is 14.4 Å². The minimum Gasteiger partial charge on any atom is -0.407 e. The Morgan fingerprint density at radius 1 is 1.11 bits per heavy atom. The Morgan fingerprint density at radius 3 is 2.43 bits per heavy atom. The van der Waals surface area contributed by atoms with E-state index in [1.165, 1.54) is 47.4 Å². The third-order valence-corrected chi connectivity index (χ3v) is 6.19. The summed E-state index contributed by atoms with van der Waals surface area (Å²) >= 11 is 1.52. The number of carbonyl (C=O) groups is 1. The van der Waals surface area contributed by atoms with Gasteiger partial charge in [-0.15, -0.1) is 5.10 Å². The Morgan fingerprint density at radius 2 is 1.79 bits per heavy atom. The first-order valence-electron chi connectivity index (χ1n) is 8.18. The minimum atomic E-state index is -3.74. The molecular weight excluding hydrogens is 400 g/mol. The minimum absolute atomic E-state index is 0.00504. The summed E-state index contributed by atoms with van der Waals surface area (Å²) in [6.07, 6.45) is 1.90. The summed E-state index contributed by atoms with van der Waals surface area (Å²) in [5, 5.41) is 10.1. The van der Waals surface area contributed by atoms with E-state index in [4.69, 9.17) is 4.42 Å². The normalized spacial score (nSPS) is 11.2. The molecule has 0 unspecified atom stereocenters. The van der Waals surface area contributed by atoms with E-state index in [9.17, 15) is 13.2 Å². The molecule has 3 rings (SSSR count). The molecule has 28 heavy (non-hydrogen) atoms. The highest BCUT2D eigenvalue weighted by atomic mass is 32.2. The van der Waals surface area contributed by atoms with Crippen LogP contribution >= 0.6 is 11.8 Å². The zero-order valence-electron chi connectivity index (χ0n) is 15.2. The van der Waals surface area contributed by atoms with Gasteiger partial charge in [-0.1, -0.05) is 23.3 Å². The van der Waals surface area contributed by atoms with Crippen LogP contribution in [0.15, 0.2) is 63.9 Å². The van der Waals surface area contributed by atoms with Crippen molar-refractivity contribution in [1.82, 2.24) is 10.2 Å². The summed E-state index contributed by atoms with van der Waals surface area (Å²) in [6, 6.07) is 14.4. The summed E-state index contributed by atoms with van der Waals surface area (Å²) in [5.74, 6) is 0.484. The van der Waals surface area contributed by atoms with Gasteiger partial charge in [-0.05, 0) is 42.7 Å². The van der Waals surface area contributed by atoms with Crippen molar-refractivity contribution in [2.45, 2.75) is 10.6 Å². The van der Waals surface area contributed by atoms with Crippen molar-refractivity contribution >= 4 is 39.4 Å². The molecule has 8 nitrogen and oxygen atoms in total. The van der Waals surface area contributed by atoms with Gasteiger partial charge in [0, 0.05) is 12.6 Å². The summed E-state index contributed by atoms with van der Waals surface area (Å²) in [4.78, 5) is 12.4. The fourth-order valence-corrected chi connectivity index (χ4v) is 3.93. The van der Waals surface area contributed by atoms with E-state index < -0.39 is 15.9 Å². The van der Waals surface area contributed by atoms with E-state index >= 15 is 0 Å².